The Kier molecular flexibility index (Phi) is 9.56. The zero-order valence-electron chi connectivity index (χ0n) is 30.2. The van der Waals surface area contributed by atoms with Gasteiger partial charge in [-0.25, -0.2) is 4.79 Å². The first-order valence-corrected chi connectivity index (χ1v) is 18.7. The average Bonchev–Trinajstić information content (AvgIpc) is 3.53. The van der Waals surface area contributed by atoms with Crippen LogP contribution in [-0.4, -0.2) is 99.0 Å². The maximum atomic E-state index is 13.6. The molecule has 2 saturated heterocycles. The molecule has 1 spiro atoms. The summed E-state index contributed by atoms with van der Waals surface area (Å²) in [6.45, 7) is 4.58. The Balaban J connectivity index is 1.13. The van der Waals surface area contributed by atoms with Gasteiger partial charge in [0, 0.05) is 29.9 Å². The molecule has 12 heteroatoms. The third kappa shape index (κ3) is 5.82. The maximum Gasteiger partial charge on any atom is 0.335 e. The predicted molar refractivity (Wildman–Crippen MR) is 195 cm³/mol. The van der Waals surface area contributed by atoms with Crippen LogP contribution in [0.15, 0.2) is 65.3 Å². The lowest BCUT2D eigenvalue weighted by Gasteiger charge is -2.53. The van der Waals surface area contributed by atoms with E-state index < -0.39 is 60.1 Å². The van der Waals surface area contributed by atoms with E-state index in [0.717, 1.165) is 29.7 Å². The second-order valence-electron chi connectivity index (χ2n) is 15.5. The van der Waals surface area contributed by atoms with Crippen molar-refractivity contribution in [2.75, 3.05) is 26.4 Å². The van der Waals surface area contributed by atoms with Gasteiger partial charge in [-0.2, -0.15) is 0 Å². The van der Waals surface area contributed by atoms with Gasteiger partial charge >= 0.3 is 5.97 Å². The van der Waals surface area contributed by atoms with Crippen LogP contribution < -0.4 is 4.74 Å². The van der Waals surface area contributed by atoms with E-state index in [4.69, 9.17) is 18.9 Å². The Bertz CT molecular complexity index is 2050. The van der Waals surface area contributed by atoms with Crippen LogP contribution >= 0.6 is 0 Å². The molecule has 9 atom stereocenters. The molecule has 0 radical (unpaired) electrons. The molecule has 0 aromatic heterocycles. The molecule has 5 aliphatic rings. The first-order valence-electron chi connectivity index (χ1n) is 18.7. The van der Waals surface area contributed by atoms with Crippen LogP contribution in [0.25, 0.3) is 10.8 Å². The number of Topliss-reactive ketones (excluding diaryl/α,β-unsaturated/α-hetero) is 1. The Morgan fingerprint density at radius 3 is 2.57 bits per heavy atom. The highest BCUT2D eigenvalue weighted by molar-refractivity contribution is 6.11. The number of carbonyl (C=O) groups is 2. The van der Waals surface area contributed by atoms with Gasteiger partial charge in [-0.1, -0.05) is 43.3 Å². The van der Waals surface area contributed by atoms with E-state index in [-0.39, 0.29) is 70.4 Å². The van der Waals surface area contributed by atoms with Crippen LogP contribution in [0, 0.1) is 30.6 Å². The highest BCUT2D eigenvalue weighted by Gasteiger charge is 2.61. The van der Waals surface area contributed by atoms with Crippen LogP contribution in [-0.2, 0) is 20.6 Å². The molecule has 6 N–H and O–H groups in total. The first kappa shape index (κ1) is 36.7. The molecular weight excluding hydrogens is 696 g/mol. The number of hydrogen-bond donors (Lipinski definition) is 6. The molecule has 286 valence electrons. The van der Waals surface area contributed by atoms with Gasteiger partial charge in [-0.3, -0.25) is 4.79 Å². The monoisotopic (exact) mass is 742 g/mol. The summed E-state index contributed by atoms with van der Waals surface area (Å²) in [5, 5.41) is 67.3. The number of phenols is 2. The Labute approximate surface area is 312 Å². The number of ketones is 1. The van der Waals surface area contributed by atoms with E-state index in [0.29, 0.717) is 32.0 Å². The number of hydrogen-bond acceptors (Lipinski definition) is 11. The molecule has 3 aromatic rings. The number of aromatic carboxylic acids is 1. The molecule has 8 rings (SSSR count). The number of aromatic hydroxyl groups is 2. The van der Waals surface area contributed by atoms with Crippen LogP contribution in [0.4, 0.5) is 0 Å². The van der Waals surface area contributed by atoms with Crippen LogP contribution in [0.1, 0.15) is 64.4 Å². The lowest BCUT2D eigenvalue weighted by molar-refractivity contribution is -0.325. The highest BCUT2D eigenvalue weighted by Crippen LogP contribution is 2.57. The smallest absolute Gasteiger partial charge is 0.335 e. The van der Waals surface area contributed by atoms with Gasteiger partial charge < -0.3 is 49.6 Å². The molecule has 12 nitrogen and oxygen atoms in total. The summed E-state index contributed by atoms with van der Waals surface area (Å²) in [7, 11) is 0. The lowest BCUT2D eigenvalue weighted by atomic mass is 9.58. The van der Waals surface area contributed by atoms with Crippen LogP contribution in [0.5, 0.6) is 17.2 Å². The van der Waals surface area contributed by atoms with E-state index in [2.05, 4.69) is 13.0 Å². The summed E-state index contributed by atoms with van der Waals surface area (Å²) in [5.41, 5.74) is 2.57. The summed E-state index contributed by atoms with van der Waals surface area (Å²) in [6, 6.07) is 11.6. The topological polar surface area (TPSA) is 192 Å². The summed E-state index contributed by atoms with van der Waals surface area (Å²) in [5.74, 6) is -2.30. The Morgan fingerprint density at radius 1 is 1.06 bits per heavy atom. The second kappa shape index (κ2) is 14.1. The summed E-state index contributed by atoms with van der Waals surface area (Å²) >= 11 is 0. The van der Waals surface area contributed by atoms with Gasteiger partial charge in [0.2, 0.25) is 6.29 Å². The van der Waals surface area contributed by atoms with Crippen LogP contribution in [0.3, 0.4) is 0 Å². The van der Waals surface area contributed by atoms with E-state index in [1.165, 1.54) is 18.1 Å². The minimum absolute atomic E-state index is 0.00796. The average molecular weight is 743 g/mol. The first-order chi connectivity index (χ1) is 25.9. The molecule has 54 heavy (non-hydrogen) atoms. The molecule has 3 aliphatic heterocycles. The number of carboxylic acids is 1. The van der Waals surface area contributed by atoms with Gasteiger partial charge in [0.15, 0.2) is 5.78 Å². The molecular formula is C42H46O12. The van der Waals surface area contributed by atoms with Crippen molar-refractivity contribution in [3.63, 3.8) is 0 Å². The number of allylic oxidation sites excluding steroid dienone is 2. The summed E-state index contributed by atoms with van der Waals surface area (Å²) < 4.78 is 24.8. The summed E-state index contributed by atoms with van der Waals surface area (Å²) in [6.07, 6.45) is -1.71. The van der Waals surface area contributed by atoms with E-state index >= 15 is 0 Å². The molecule has 3 aromatic carbocycles. The number of aliphatic hydroxyl groups excluding tert-OH is 3. The van der Waals surface area contributed by atoms with Crippen molar-refractivity contribution < 1.29 is 59.2 Å². The molecule has 3 fully saturated rings. The fourth-order valence-corrected chi connectivity index (χ4v) is 9.89. The second-order valence-corrected chi connectivity index (χ2v) is 15.5. The number of phenolic OH excluding ortho intramolecular Hbond substituents is 2. The number of carbonyl (C=O) groups excluding carboxylic acids is 1. The summed E-state index contributed by atoms with van der Waals surface area (Å²) in [4.78, 5) is 25.9. The largest absolute Gasteiger partial charge is 0.507 e. The van der Waals surface area contributed by atoms with Crippen molar-refractivity contribution in [1.29, 1.82) is 0 Å². The van der Waals surface area contributed by atoms with Gasteiger partial charge in [0.25, 0.3) is 0 Å². The van der Waals surface area contributed by atoms with Crippen molar-refractivity contribution in [3.8, 4) is 17.2 Å². The van der Waals surface area contributed by atoms with Gasteiger partial charge in [-0.05, 0) is 84.8 Å². The van der Waals surface area contributed by atoms with Crippen molar-refractivity contribution >= 4 is 22.5 Å². The van der Waals surface area contributed by atoms with Crippen molar-refractivity contribution in [3.05, 3.63) is 87.5 Å². The third-order valence-electron chi connectivity index (χ3n) is 12.7. The number of fused-ring (bicyclic) bond motifs is 3. The Morgan fingerprint density at radius 2 is 1.83 bits per heavy atom. The zero-order chi connectivity index (χ0) is 38.1. The highest BCUT2D eigenvalue weighted by atomic mass is 16.7. The van der Waals surface area contributed by atoms with Gasteiger partial charge in [-0.15, -0.1) is 0 Å². The standard InChI is InChI=1S/C42H46O12/c1-20-25-12-13-51-19-29(25)26-10-9-23-18-52-42(16-28(20)34(23)26)32(17-43)54-41(38(47)39(42)48)53-31-15-24(40(49)50)14-27-35(31)37(46)33(21(2)36(27)45)30(44)11-8-22-6-4-3-5-7-22/h3-7,10,14-15,20,25,28-29,32,38-39,41,43,45-48H,8-9,11-13,16-19H2,1-2H3,(H,49,50)/t20-,25+,28-,29+,32-,38-,39-,41-,42-/m1/s1. The number of benzene rings is 3. The van der Waals surface area contributed by atoms with Crippen LogP contribution in [0.2, 0.25) is 0 Å². The molecule has 0 bridgehead atoms. The number of carboxylic acid groups (broad SMARTS) is 1. The SMILES string of the molecule is Cc1c(C(=O)CCc2ccccc2)c(O)c2c(O[C@@H]3O[C@H](CO)[C@]4(C[C@H]5C6=C(CC=C6[C@H]6COCC[C@H]6[C@H]5C)CO4)[C@H](O)[C@H]3O)cc(C(=O)O)cc2c1O. The number of aryl methyl sites for hydroxylation is 1. The Hall–Kier alpha value is -4.30. The van der Waals surface area contributed by atoms with E-state index in [1.807, 2.05) is 30.3 Å². The molecule has 0 amide bonds. The molecule has 3 heterocycles. The van der Waals surface area contributed by atoms with Gasteiger partial charge in [0.05, 0.1) is 36.3 Å². The maximum absolute atomic E-state index is 13.6. The van der Waals surface area contributed by atoms with Crippen molar-refractivity contribution in [1.82, 2.24) is 0 Å². The lowest BCUT2D eigenvalue weighted by Crippen LogP contribution is -2.69. The number of rotatable bonds is 8. The van der Waals surface area contributed by atoms with Crippen molar-refractivity contribution in [2.24, 2.45) is 23.7 Å². The van der Waals surface area contributed by atoms with E-state index in [1.54, 1.807) is 0 Å². The number of ether oxygens (including phenoxy) is 4. The minimum Gasteiger partial charge on any atom is -0.507 e. The molecule has 0 unspecified atom stereocenters. The van der Waals surface area contributed by atoms with Crippen molar-refractivity contribution in [2.45, 2.75) is 76.2 Å². The molecule has 1 saturated carbocycles. The minimum atomic E-state index is -1.76. The molecule has 2 aliphatic carbocycles. The van der Waals surface area contributed by atoms with E-state index in [9.17, 15) is 40.2 Å². The third-order valence-corrected chi connectivity index (χ3v) is 12.7. The number of aliphatic hydroxyl groups is 3. The predicted octanol–water partition coefficient (Wildman–Crippen LogP) is 4.60. The van der Waals surface area contributed by atoms with Gasteiger partial charge in [0.1, 0.15) is 41.2 Å². The quantitative estimate of drug-likeness (QED) is 0.139. The fourth-order valence-electron chi connectivity index (χ4n) is 9.89. The normalized spacial score (nSPS) is 31.8. The zero-order valence-corrected chi connectivity index (χ0v) is 30.2. The fraction of sp³-hybridized carbons (Fsp3) is 0.476.